The Bertz CT molecular complexity index is 1000. The maximum Gasteiger partial charge on any atom is 0.246 e. The van der Waals surface area contributed by atoms with Crippen molar-refractivity contribution >= 4 is 12.0 Å². The predicted molar refractivity (Wildman–Crippen MR) is 123 cm³/mol. The van der Waals surface area contributed by atoms with E-state index in [4.69, 9.17) is 10.00 Å². The molecule has 0 saturated carbocycles. The first-order valence-electron chi connectivity index (χ1n) is 11.2. The molecule has 7 heteroatoms. The van der Waals surface area contributed by atoms with Gasteiger partial charge in [0.15, 0.2) is 0 Å². The van der Waals surface area contributed by atoms with Gasteiger partial charge >= 0.3 is 0 Å². The van der Waals surface area contributed by atoms with Gasteiger partial charge in [-0.3, -0.25) is 9.69 Å². The molecule has 172 valence electrons. The van der Waals surface area contributed by atoms with E-state index in [1.807, 2.05) is 4.90 Å². The van der Waals surface area contributed by atoms with Crippen LogP contribution in [0.5, 0.6) is 5.75 Å². The summed E-state index contributed by atoms with van der Waals surface area (Å²) < 4.78 is 18.7. The highest BCUT2D eigenvalue weighted by Gasteiger charge is 2.35. The van der Waals surface area contributed by atoms with Crippen LogP contribution in [0.3, 0.4) is 0 Å². The second-order valence-electron chi connectivity index (χ2n) is 8.92. The van der Waals surface area contributed by atoms with E-state index < -0.39 is 6.10 Å². The van der Waals surface area contributed by atoms with Crippen LogP contribution in [0.2, 0.25) is 0 Å². The zero-order valence-electron chi connectivity index (χ0n) is 18.4. The van der Waals surface area contributed by atoms with E-state index >= 15 is 0 Å². The summed E-state index contributed by atoms with van der Waals surface area (Å²) in [7, 11) is 0. The number of ether oxygens (including phenoxy) is 1. The Kier molecular flexibility index (Phi) is 7.38. The van der Waals surface area contributed by atoms with E-state index in [9.17, 15) is 14.3 Å². The van der Waals surface area contributed by atoms with Crippen molar-refractivity contribution in [1.82, 2.24) is 9.80 Å². The Morgan fingerprint density at radius 1 is 1.12 bits per heavy atom. The monoisotopic (exact) mass is 449 g/mol. The molecule has 0 radical (unpaired) electrons. The molecule has 2 aliphatic rings. The lowest BCUT2D eigenvalue weighted by Crippen LogP contribution is -2.55. The van der Waals surface area contributed by atoms with Gasteiger partial charge < -0.3 is 14.7 Å². The number of hydrogen-bond acceptors (Lipinski definition) is 5. The summed E-state index contributed by atoms with van der Waals surface area (Å²) in [6, 6.07) is 15.0. The van der Waals surface area contributed by atoms with Crippen molar-refractivity contribution in [3.05, 3.63) is 71.6 Å². The number of nitriles is 1. The number of piperidine rings is 2. The average Bonchev–Trinajstić information content (AvgIpc) is 2.82. The van der Waals surface area contributed by atoms with E-state index in [2.05, 4.69) is 11.0 Å². The van der Waals surface area contributed by atoms with Gasteiger partial charge in [0.2, 0.25) is 5.91 Å². The van der Waals surface area contributed by atoms with Crippen molar-refractivity contribution in [3.8, 4) is 11.8 Å². The molecule has 2 fully saturated rings. The van der Waals surface area contributed by atoms with E-state index in [0.29, 0.717) is 42.8 Å². The van der Waals surface area contributed by atoms with Gasteiger partial charge in [-0.1, -0.05) is 12.1 Å². The molecular formula is C26H28FN3O3. The quantitative estimate of drug-likeness (QED) is 0.658. The molecule has 2 aromatic rings. The van der Waals surface area contributed by atoms with Gasteiger partial charge in [0, 0.05) is 38.8 Å². The maximum atomic E-state index is 13.0. The highest BCUT2D eigenvalue weighted by Crippen LogP contribution is 2.29. The van der Waals surface area contributed by atoms with Crippen LogP contribution in [0.25, 0.3) is 6.08 Å². The molecule has 4 rings (SSSR count). The summed E-state index contributed by atoms with van der Waals surface area (Å²) >= 11 is 0. The number of fused-ring (bicyclic) bond motifs is 2. The smallest absolute Gasteiger partial charge is 0.246 e. The summed E-state index contributed by atoms with van der Waals surface area (Å²) in [6.07, 6.45) is 3.77. The van der Waals surface area contributed by atoms with Crippen molar-refractivity contribution < 1.29 is 19.0 Å². The largest absolute Gasteiger partial charge is 0.491 e. The highest BCUT2D eigenvalue weighted by molar-refractivity contribution is 5.91. The summed E-state index contributed by atoms with van der Waals surface area (Å²) in [6.45, 7) is 3.82. The lowest BCUT2D eigenvalue weighted by molar-refractivity contribution is -0.130. The normalized spacial score (nSPS) is 21.5. The molecule has 1 amide bonds. The Labute approximate surface area is 193 Å². The number of amides is 1. The van der Waals surface area contributed by atoms with Crippen LogP contribution in [-0.4, -0.2) is 66.2 Å². The number of likely N-dealkylation sites (tertiary alicyclic amines) is 2. The van der Waals surface area contributed by atoms with Crippen molar-refractivity contribution in [2.45, 2.75) is 12.5 Å². The summed E-state index contributed by atoms with van der Waals surface area (Å²) in [5.41, 5.74) is 1.37. The van der Waals surface area contributed by atoms with Gasteiger partial charge in [-0.25, -0.2) is 4.39 Å². The molecule has 2 saturated heterocycles. The molecule has 0 aliphatic carbocycles. The number of benzene rings is 2. The van der Waals surface area contributed by atoms with Gasteiger partial charge in [0.25, 0.3) is 0 Å². The third kappa shape index (κ3) is 6.41. The summed E-state index contributed by atoms with van der Waals surface area (Å²) in [5.74, 6) is 1.09. The van der Waals surface area contributed by atoms with Gasteiger partial charge in [-0.15, -0.1) is 0 Å². The van der Waals surface area contributed by atoms with Gasteiger partial charge in [-0.2, -0.15) is 5.26 Å². The fourth-order valence-electron chi connectivity index (χ4n) is 4.73. The number of β-amino-alcohol motifs (C(OH)–C–C–N with tert-alkyl or cyclic N) is 1. The zero-order valence-corrected chi connectivity index (χ0v) is 18.4. The lowest BCUT2D eigenvalue weighted by Gasteiger charge is -2.46. The standard InChI is InChI=1S/C26H28FN3O3/c27-23-6-1-19(2-7-23)5-10-26(32)30-15-21-11-22(16-30)14-29(13-21)17-24(31)18-33-25-8-3-20(12-28)4-9-25/h1-10,21-22,24,31H,11,13-18H2/b10-5+. The maximum absolute atomic E-state index is 13.0. The number of aliphatic hydroxyl groups excluding tert-OH is 1. The minimum atomic E-state index is -0.615. The Balaban J connectivity index is 1.23. The van der Waals surface area contributed by atoms with Crippen LogP contribution < -0.4 is 4.74 Å². The summed E-state index contributed by atoms with van der Waals surface area (Å²) in [5, 5.41) is 19.3. The second-order valence-corrected chi connectivity index (χ2v) is 8.92. The lowest BCUT2D eigenvalue weighted by atomic mass is 9.84. The highest BCUT2D eigenvalue weighted by atomic mass is 19.1. The predicted octanol–water partition coefficient (Wildman–Crippen LogP) is 2.93. The van der Waals surface area contributed by atoms with E-state index in [-0.39, 0.29) is 18.3 Å². The molecule has 3 atom stereocenters. The van der Waals surface area contributed by atoms with E-state index in [0.717, 1.165) is 25.1 Å². The zero-order chi connectivity index (χ0) is 23.2. The first-order valence-corrected chi connectivity index (χ1v) is 11.2. The molecule has 0 spiro atoms. The minimum absolute atomic E-state index is 0.0154. The number of aliphatic hydroxyl groups is 1. The number of carbonyl (C=O) groups is 1. The SMILES string of the molecule is N#Cc1ccc(OCC(O)CN2CC3CC(C2)CN(C(=O)/C=C/c2ccc(F)cc2)C3)cc1. The fraction of sp³-hybridized carbons (Fsp3) is 0.385. The van der Waals surface area contributed by atoms with E-state index in [1.165, 1.54) is 12.1 Å². The van der Waals surface area contributed by atoms with Crippen LogP contribution in [0.1, 0.15) is 17.5 Å². The molecule has 1 N–H and O–H groups in total. The third-order valence-electron chi connectivity index (χ3n) is 6.15. The number of nitrogens with zero attached hydrogens (tertiary/aromatic N) is 3. The van der Waals surface area contributed by atoms with Gasteiger partial charge in [-0.05, 0) is 66.3 Å². The van der Waals surface area contributed by atoms with Crippen LogP contribution >= 0.6 is 0 Å². The first kappa shape index (κ1) is 23.0. The van der Waals surface area contributed by atoms with Crippen molar-refractivity contribution in [2.75, 3.05) is 39.3 Å². The number of carbonyl (C=O) groups excluding carboxylic acids is 1. The molecule has 33 heavy (non-hydrogen) atoms. The molecular weight excluding hydrogens is 421 g/mol. The first-order chi connectivity index (χ1) is 16.0. The second kappa shape index (κ2) is 10.6. The summed E-state index contributed by atoms with van der Waals surface area (Å²) in [4.78, 5) is 16.8. The molecule has 2 heterocycles. The van der Waals surface area contributed by atoms with Crippen LogP contribution in [0, 0.1) is 29.0 Å². The average molecular weight is 450 g/mol. The van der Waals surface area contributed by atoms with Gasteiger partial charge in [0.1, 0.15) is 24.3 Å². The number of hydrogen-bond donors (Lipinski definition) is 1. The molecule has 2 aliphatic heterocycles. The number of rotatable bonds is 7. The topological polar surface area (TPSA) is 76.8 Å². The molecule has 0 aromatic heterocycles. The Morgan fingerprint density at radius 3 is 2.42 bits per heavy atom. The fourth-order valence-corrected chi connectivity index (χ4v) is 4.73. The third-order valence-corrected chi connectivity index (χ3v) is 6.15. The van der Waals surface area contributed by atoms with Crippen molar-refractivity contribution in [1.29, 1.82) is 5.26 Å². The molecule has 2 aromatic carbocycles. The van der Waals surface area contributed by atoms with Crippen molar-refractivity contribution in [3.63, 3.8) is 0 Å². The number of halogens is 1. The van der Waals surface area contributed by atoms with Crippen LogP contribution in [0.15, 0.2) is 54.6 Å². The van der Waals surface area contributed by atoms with Gasteiger partial charge in [0.05, 0.1) is 11.6 Å². The Morgan fingerprint density at radius 2 is 1.79 bits per heavy atom. The Hall–Kier alpha value is -3.21. The van der Waals surface area contributed by atoms with Crippen molar-refractivity contribution in [2.24, 2.45) is 11.8 Å². The van der Waals surface area contributed by atoms with Crippen LogP contribution in [-0.2, 0) is 4.79 Å². The minimum Gasteiger partial charge on any atom is -0.491 e. The van der Waals surface area contributed by atoms with Crippen LogP contribution in [0.4, 0.5) is 4.39 Å². The molecule has 3 unspecified atom stereocenters. The van der Waals surface area contributed by atoms with E-state index in [1.54, 1.807) is 48.6 Å². The molecule has 6 nitrogen and oxygen atoms in total. The molecule has 2 bridgehead atoms.